The molecule has 0 aromatic heterocycles. The van der Waals surface area contributed by atoms with Crippen LogP contribution in [-0.4, -0.2) is 39.2 Å². The van der Waals surface area contributed by atoms with Crippen molar-refractivity contribution in [1.82, 2.24) is 5.32 Å². The minimum atomic E-state index is -0.168. The maximum absolute atomic E-state index is 10.8. The average molecular weight is 171 g/mol. The maximum atomic E-state index is 10.8. The van der Waals surface area contributed by atoms with Crippen molar-refractivity contribution in [3.63, 3.8) is 0 Å². The number of ether oxygens (including phenoxy) is 1. The second kappa shape index (κ2) is 6.85. The predicted molar refractivity (Wildman–Crippen MR) is 47.7 cm³/mol. The third-order valence-electron chi connectivity index (χ3n) is 1.11. The lowest BCUT2D eigenvalue weighted by atomic mass is 10.1. The van der Waals surface area contributed by atoms with E-state index in [4.69, 9.17) is 4.74 Å². The van der Waals surface area contributed by atoms with E-state index in [-0.39, 0.29) is 24.8 Å². The van der Waals surface area contributed by atoms with Gasteiger partial charge in [0.1, 0.15) is 12.3 Å². The van der Waals surface area contributed by atoms with E-state index in [2.05, 4.69) is 5.32 Å². The quantitative estimate of drug-likeness (QED) is 0.504. The molecule has 0 rings (SSSR count). The Kier molecular flexibility index (Phi) is 6.37. The van der Waals surface area contributed by atoms with Crippen LogP contribution in [0.2, 0.25) is 0 Å². The van der Waals surface area contributed by atoms with Crippen molar-refractivity contribution < 1.29 is 14.3 Å². The van der Waals surface area contributed by atoms with Gasteiger partial charge in [-0.3, -0.25) is 4.79 Å². The van der Waals surface area contributed by atoms with Crippen LogP contribution in [0.15, 0.2) is 0 Å². The molecule has 0 bridgehead atoms. The van der Waals surface area contributed by atoms with Gasteiger partial charge in [0.05, 0.1) is 6.61 Å². The molecule has 0 aliphatic rings. The van der Waals surface area contributed by atoms with Crippen molar-refractivity contribution in [2.45, 2.75) is 13.3 Å². The van der Waals surface area contributed by atoms with Crippen LogP contribution >= 0.6 is 0 Å². The van der Waals surface area contributed by atoms with Crippen LogP contribution in [0.4, 0.5) is 0 Å². The third-order valence-corrected chi connectivity index (χ3v) is 1.11. The lowest BCUT2D eigenvalue weighted by Gasteiger charge is -2.02. The van der Waals surface area contributed by atoms with Crippen LogP contribution in [-0.2, 0) is 14.3 Å². The highest BCUT2D eigenvalue weighted by atomic mass is 16.5. The lowest BCUT2D eigenvalue weighted by Crippen LogP contribution is -2.29. The summed E-state index contributed by atoms with van der Waals surface area (Å²) in [5.41, 5.74) is -0.0710. The van der Waals surface area contributed by atoms with Crippen molar-refractivity contribution in [3.05, 3.63) is 0 Å². The number of carbonyl (C=O) groups is 2. The topological polar surface area (TPSA) is 55.4 Å². The van der Waals surface area contributed by atoms with E-state index in [1.165, 1.54) is 7.85 Å². The Bertz CT molecular complexity index is 161. The molecule has 0 unspecified atom stereocenters. The van der Waals surface area contributed by atoms with Crippen molar-refractivity contribution in [2.75, 3.05) is 19.8 Å². The fraction of sp³-hybridized carbons (Fsp3) is 0.714. The number of carbonyl (C=O) groups excluding carboxylic acids is 2. The molecule has 0 aliphatic carbocycles. The van der Waals surface area contributed by atoms with E-state index >= 15 is 0 Å². The number of nitrogens with one attached hydrogen (secondary N) is 1. The van der Waals surface area contributed by atoms with Crippen LogP contribution in [0, 0.1) is 0 Å². The third kappa shape index (κ3) is 7.27. The van der Waals surface area contributed by atoms with E-state index in [9.17, 15) is 9.59 Å². The van der Waals surface area contributed by atoms with Gasteiger partial charge in [0.2, 0.25) is 5.91 Å². The van der Waals surface area contributed by atoms with E-state index in [1.54, 1.807) is 0 Å². The largest absolute Gasteiger partial charge is 0.365 e. The van der Waals surface area contributed by atoms with Gasteiger partial charge >= 0.3 is 0 Å². The van der Waals surface area contributed by atoms with Crippen molar-refractivity contribution in [2.24, 2.45) is 0 Å². The highest BCUT2D eigenvalue weighted by Gasteiger charge is 2.00. The van der Waals surface area contributed by atoms with Gasteiger partial charge in [-0.05, 0) is 6.42 Å². The first kappa shape index (κ1) is 11.2. The molecule has 4 nitrogen and oxygen atoms in total. The fourth-order valence-electron chi connectivity index (χ4n) is 0.603. The van der Waals surface area contributed by atoms with E-state index in [0.29, 0.717) is 6.54 Å². The van der Waals surface area contributed by atoms with Crippen molar-refractivity contribution in [1.29, 1.82) is 0 Å². The molecule has 0 saturated carbocycles. The summed E-state index contributed by atoms with van der Waals surface area (Å²) in [7, 11) is 1.42. The van der Waals surface area contributed by atoms with Crippen LogP contribution < -0.4 is 5.32 Å². The van der Waals surface area contributed by atoms with Crippen molar-refractivity contribution >= 4 is 19.4 Å². The molecule has 0 atom stereocenters. The number of hydrogen-bond acceptors (Lipinski definition) is 3. The van der Waals surface area contributed by atoms with Gasteiger partial charge in [-0.1, -0.05) is 6.92 Å². The Morgan fingerprint density at radius 3 is 2.58 bits per heavy atom. The summed E-state index contributed by atoms with van der Waals surface area (Å²) in [6.07, 6.45) is 0.901. The van der Waals surface area contributed by atoms with Gasteiger partial charge < -0.3 is 14.8 Å². The zero-order chi connectivity index (χ0) is 9.40. The summed E-state index contributed by atoms with van der Waals surface area (Å²) in [6, 6.07) is 0. The lowest BCUT2D eigenvalue weighted by molar-refractivity contribution is -0.127. The smallest absolute Gasteiger partial charge is 0.246 e. The SMILES string of the molecule is BC(=O)COCC(=O)NCCC. The molecule has 0 aliphatic heterocycles. The molecule has 0 aromatic rings. The highest BCUT2D eigenvalue weighted by molar-refractivity contribution is 6.58. The first-order chi connectivity index (χ1) is 5.66. The molecule has 1 amide bonds. The summed E-state index contributed by atoms with van der Waals surface area (Å²) in [5, 5.41) is 2.63. The Morgan fingerprint density at radius 2 is 2.08 bits per heavy atom. The average Bonchev–Trinajstić information content (AvgIpc) is 2.00. The standard InChI is InChI=1S/C7H14BNO3/c1-2-3-9-7(11)5-12-4-6(8)10/h2-5,8H2,1H3,(H,9,11). The summed E-state index contributed by atoms with van der Waals surface area (Å²) >= 11 is 0. The number of rotatable bonds is 6. The normalized spacial score (nSPS) is 9.42. The Labute approximate surface area is 73.1 Å². The first-order valence-electron chi connectivity index (χ1n) is 4.00. The van der Waals surface area contributed by atoms with Crippen LogP contribution in [0.5, 0.6) is 0 Å². The molecule has 0 heterocycles. The summed E-state index contributed by atoms with van der Waals surface area (Å²) in [5.74, 6) is -0.168. The molecule has 0 aromatic carbocycles. The highest BCUT2D eigenvalue weighted by Crippen LogP contribution is 1.76. The van der Waals surface area contributed by atoms with Crippen LogP contribution in [0.3, 0.4) is 0 Å². The Hall–Kier alpha value is -0.835. The summed E-state index contributed by atoms with van der Waals surface area (Å²) < 4.78 is 4.79. The van der Waals surface area contributed by atoms with E-state index < -0.39 is 0 Å². The molecule has 12 heavy (non-hydrogen) atoms. The molecule has 0 radical (unpaired) electrons. The molecule has 68 valence electrons. The Balaban J connectivity index is 3.25. The monoisotopic (exact) mass is 171 g/mol. The van der Waals surface area contributed by atoms with E-state index in [1.807, 2.05) is 6.92 Å². The Morgan fingerprint density at radius 1 is 1.42 bits per heavy atom. The molecule has 5 heteroatoms. The predicted octanol–water partition coefficient (Wildman–Crippen LogP) is -1.31. The molecule has 0 spiro atoms. The molecular formula is C7H14BNO3. The van der Waals surface area contributed by atoms with Gasteiger partial charge in [0.15, 0.2) is 7.85 Å². The second-order valence-corrected chi connectivity index (χ2v) is 2.54. The molecular weight excluding hydrogens is 157 g/mol. The van der Waals surface area contributed by atoms with Gasteiger partial charge in [-0.2, -0.15) is 0 Å². The molecule has 0 saturated heterocycles. The van der Waals surface area contributed by atoms with Gasteiger partial charge in [0, 0.05) is 6.54 Å². The minimum Gasteiger partial charge on any atom is -0.365 e. The molecule has 1 N–H and O–H groups in total. The van der Waals surface area contributed by atoms with E-state index in [0.717, 1.165) is 6.42 Å². The van der Waals surface area contributed by atoms with Gasteiger partial charge in [-0.25, -0.2) is 0 Å². The van der Waals surface area contributed by atoms with Crippen LogP contribution in [0.25, 0.3) is 0 Å². The number of hydrogen-bond donors (Lipinski definition) is 1. The van der Waals surface area contributed by atoms with Gasteiger partial charge in [-0.15, -0.1) is 0 Å². The second-order valence-electron chi connectivity index (χ2n) is 2.54. The van der Waals surface area contributed by atoms with Crippen LogP contribution in [0.1, 0.15) is 13.3 Å². The zero-order valence-electron chi connectivity index (χ0n) is 7.55. The summed E-state index contributed by atoms with van der Waals surface area (Å²) in [6.45, 7) is 2.61. The zero-order valence-corrected chi connectivity index (χ0v) is 7.55. The summed E-state index contributed by atoms with van der Waals surface area (Å²) in [4.78, 5) is 21.2. The fourth-order valence-corrected chi connectivity index (χ4v) is 0.603. The first-order valence-corrected chi connectivity index (χ1v) is 4.00. The van der Waals surface area contributed by atoms with Crippen molar-refractivity contribution in [3.8, 4) is 0 Å². The number of amides is 1. The molecule has 0 fully saturated rings. The maximum Gasteiger partial charge on any atom is 0.246 e. The minimum absolute atomic E-state index is 0.0134. The van der Waals surface area contributed by atoms with Gasteiger partial charge in [0.25, 0.3) is 0 Å².